The van der Waals surface area contributed by atoms with Gasteiger partial charge in [0.15, 0.2) is 0 Å². The number of halogens is 6. The van der Waals surface area contributed by atoms with Gasteiger partial charge in [0.2, 0.25) is 0 Å². The molecule has 19 heavy (non-hydrogen) atoms. The Labute approximate surface area is 102 Å². The molecule has 0 radical (unpaired) electrons. The highest BCUT2D eigenvalue weighted by molar-refractivity contribution is 5.93. The molecule has 1 heterocycles. The smallest absolute Gasteiger partial charge is 0.398 e. The van der Waals surface area contributed by atoms with Gasteiger partial charge in [-0.25, -0.2) is 0 Å². The molecule has 8 heteroatoms. The van der Waals surface area contributed by atoms with Crippen molar-refractivity contribution in [2.24, 2.45) is 0 Å². The Bertz CT molecular complexity index is 629. The SMILES string of the molecule is Nc1ccnc2cc(C(F)(F)F)cc(C(F)(F)F)c12. The lowest BCUT2D eigenvalue weighted by Crippen LogP contribution is -2.12. The molecule has 0 unspecified atom stereocenters. The molecule has 2 nitrogen and oxygen atoms in total. The maximum Gasteiger partial charge on any atom is 0.417 e. The van der Waals surface area contributed by atoms with Crippen LogP contribution in [0.15, 0.2) is 24.4 Å². The third-order valence-electron chi connectivity index (χ3n) is 2.51. The average molecular weight is 280 g/mol. The van der Waals surface area contributed by atoms with Crippen molar-refractivity contribution in [3.05, 3.63) is 35.5 Å². The second-order valence-corrected chi connectivity index (χ2v) is 3.81. The van der Waals surface area contributed by atoms with Gasteiger partial charge in [-0.2, -0.15) is 26.3 Å². The van der Waals surface area contributed by atoms with Gasteiger partial charge in [0, 0.05) is 17.3 Å². The predicted molar refractivity (Wildman–Crippen MR) is 56.2 cm³/mol. The van der Waals surface area contributed by atoms with Crippen molar-refractivity contribution in [3.8, 4) is 0 Å². The lowest BCUT2D eigenvalue weighted by atomic mass is 10.0. The summed E-state index contributed by atoms with van der Waals surface area (Å²) in [6.45, 7) is 0. The van der Waals surface area contributed by atoms with Crippen LogP contribution in [0, 0.1) is 0 Å². The summed E-state index contributed by atoms with van der Waals surface area (Å²) in [5.41, 5.74) is 1.82. The molecule has 2 aromatic rings. The van der Waals surface area contributed by atoms with Crippen molar-refractivity contribution in [1.29, 1.82) is 0 Å². The van der Waals surface area contributed by atoms with E-state index in [4.69, 9.17) is 5.73 Å². The molecule has 0 aliphatic rings. The van der Waals surface area contributed by atoms with Gasteiger partial charge in [0.05, 0.1) is 16.6 Å². The Kier molecular flexibility index (Phi) is 2.83. The normalized spacial score (nSPS) is 12.9. The standard InChI is InChI=1S/C11H6F6N2/c12-10(13,14)5-3-6(11(15,16)17)9-7(18)1-2-19-8(9)4-5/h1-4H,(H2,18,19). The molecule has 0 aliphatic carbocycles. The molecule has 2 N–H and O–H groups in total. The van der Waals surface area contributed by atoms with Crippen LogP contribution in [0.25, 0.3) is 10.9 Å². The molecule has 2 rings (SSSR count). The maximum atomic E-state index is 12.8. The summed E-state index contributed by atoms with van der Waals surface area (Å²) in [5, 5.41) is -0.525. The largest absolute Gasteiger partial charge is 0.417 e. The number of hydrogen-bond acceptors (Lipinski definition) is 2. The molecule has 0 atom stereocenters. The van der Waals surface area contributed by atoms with E-state index in [1.807, 2.05) is 0 Å². The number of rotatable bonds is 0. The summed E-state index contributed by atoms with van der Waals surface area (Å²) in [4.78, 5) is 3.51. The van der Waals surface area contributed by atoms with E-state index in [0.29, 0.717) is 6.07 Å². The Morgan fingerprint density at radius 1 is 0.947 bits per heavy atom. The highest BCUT2D eigenvalue weighted by Gasteiger charge is 2.38. The van der Waals surface area contributed by atoms with E-state index in [9.17, 15) is 26.3 Å². The zero-order chi connectivity index (χ0) is 14.4. The summed E-state index contributed by atoms with van der Waals surface area (Å²) >= 11 is 0. The third kappa shape index (κ3) is 2.42. The van der Waals surface area contributed by atoms with E-state index < -0.39 is 34.4 Å². The summed E-state index contributed by atoms with van der Waals surface area (Å²) in [5.74, 6) is 0. The van der Waals surface area contributed by atoms with E-state index in [2.05, 4.69) is 4.98 Å². The summed E-state index contributed by atoms with van der Waals surface area (Å²) in [7, 11) is 0. The van der Waals surface area contributed by atoms with Gasteiger partial charge in [-0.15, -0.1) is 0 Å². The zero-order valence-corrected chi connectivity index (χ0v) is 9.10. The quantitative estimate of drug-likeness (QED) is 0.744. The first-order valence-electron chi connectivity index (χ1n) is 4.93. The van der Waals surface area contributed by atoms with Crippen molar-refractivity contribution in [3.63, 3.8) is 0 Å². The highest BCUT2D eigenvalue weighted by atomic mass is 19.4. The number of nitrogens with zero attached hydrogens (tertiary/aromatic N) is 1. The topological polar surface area (TPSA) is 38.9 Å². The summed E-state index contributed by atoms with van der Waals surface area (Å²) in [6.07, 6.45) is -8.78. The molecule has 0 bridgehead atoms. The van der Waals surface area contributed by atoms with Crippen LogP contribution in [0.2, 0.25) is 0 Å². The van der Waals surface area contributed by atoms with Crippen molar-refractivity contribution < 1.29 is 26.3 Å². The predicted octanol–water partition coefficient (Wildman–Crippen LogP) is 3.85. The second-order valence-electron chi connectivity index (χ2n) is 3.81. The molecule has 0 saturated carbocycles. The van der Waals surface area contributed by atoms with Crippen LogP contribution in [0.5, 0.6) is 0 Å². The number of benzene rings is 1. The molecule has 0 spiro atoms. The van der Waals surface area contributed by atoms with Crippen molar-refractivity contribution in [1.82, 2.24) is 4.98 Å². The minimum Gasteiger partial charge on any atom is -0.398 e. The van der Waals surface area contributed by atoms with Crippen LogP contribution >= 0.6 is 0 Å². The minimum atomic E-state index is -4.95. The Hall–Kier alpha value is -1.99. The van der Waals surface area contributed by atoms with Crippen LogP contribution in [0.4, 0.5) is 32.0 Å². The molecular formula is C11H6F6N2. The first-order valence-corrected chi connectivity index (χ1v) is 4.93. The average Bonchev–Trinajstić information content (AvgIpc) is 2.25. The number of fused-ring (bicyclic) bond motifs is 1. The number of nitrogens with two attached hydrogens (primary N) is 1. The number of nitrogen functional groups attached to an aromatic ring is 1. The van der Waals surface area contributed by atoms with Crippen LogP contribution in [-0.4, -0.2) is 4.98 Å². The van der Waals surface area contributed by atoms with Gasteiger partial charge in [-0.05, 0) is 18.2 Å². The Morgan fingerprint density at radius 3 is 2.11 bits per heavy atom. The molecule has 0 fully saturated rings. The zero-order valence-electron chi connectivity index (χ0n) is 9.10. The van der Waals surface area contributed by atoms with Gasteiger partial charge >= 0.3 is 12.4 Å². The van der Waals surface area contributed by atoms with Crippen LogP contribution in [-0.2, 0) is 12.4 Å². The van der Waals surface area contributed by atoms with Gasteiger partial charge < -0.3 is 5.73 Å². The molecule has 1 aromatic carbocycles. The third-order valence-corrected chi connectivity index (χ3v) is 2.51. The molecule has 0 saturated heterocycles. The van der Waals surface area contributed by atoms with Crippen LogP contribution in [0.3, 0.4) is 0 Å². The molecule has 0 amide bonds. The van der Waals surface area contributed by atoms with Gasteiger partial charge in [0.1, 0.15) is 0 Å². The first kappa shape index (κ1) is 13.4. The number of pyridine rings is 1. The fourth-order valence-corrected chi connectivity index (χ4v) is 1.70. The van der Waals surface area contributed by atoms with E-state index >= 15 is 0 Å². The minimum absolute atomic E-state index is 0.0420. The van der Waals surface area contributed by atoms with Crippen molar-refractivity contribution in [2.45, 2.75) is 12.4 Å². The lowest BCUT2D eigenvalue weighted by molar-refractivity contribution is -0.142. The maximum absolute atomic E-state index is 12.8. The van der Waals surface area contributed by atoms with Crippen LogP contribution < -0.4 is 5.73 Å². The molecule has 0 aliphatic heterocycles. The summed E-state index contributed by atoms with van der Waals surface area (Å²) in [6, 6.07) is 1.69. The van der Waals surface area contributed by atoms with E-state index in [1.54, 1.807) is 0 Å². The van der Waals surface area contributed by atoms with Gasteiger partial charge in [-0.3, -0.25) is 4.98 Å². The van der Waals surface area contributed by atoms with Crippen molar-refractivity contribution >= 4 is 16.6 Å². The second kappa shape index (κ2) is 4.01. The first-order chi connectivity index (χ1) is 8.60. The molecule has 102 valence electrons. The Morgan fingerprint density at radius 2 is 1.58 bits per heavy atom. The van der Waals surface area contributed by atoms with Gasteiger partial charge in [0.25, 0.3) is 0 Å². The number of anilines is 1. The van der Waals surface area contributed by atoms with Crippen LogP contribution in [0.1, 0.15) is 11.1 Å². The molecule has 1 aromatic heterocycles. The Balaban J connectivity index is 2.89. The lowest BCUT2D eigenvalue weighted by Gasteiger charge is -2.15. The number of aromatic nitrogens is 1. The number of hydrogen-bond donors (Lipinski definition) is 1. The van der Waals surface area contributed by atoms with Gasteiger partial charge in [-0.1, -0.05) is 0 Å². The monoisotopic (exact) mass is 280 g/mol. The summed E-state index contributed by atoms with van der Waals surface area (Å²) < 4.78 is 76.1. The molecular weight excluding hydrogens is 274 g/mol. The van der Waals surface area contributed by atoms with E-state index in [-0.39, 0.29) is 11.8 Å². The number of alkyl halides is 6. The van der Waals surface area contributed by atoms with E-state index in [0.717, 1.165) is 12.3 Å². The highest BCUT2D eigenvalue weighted by Crippen LogP contribution is 2.41. The van der Waals surface area contributed by atoms with E-state index in [1.165, 1.54) is 0 Å². The fourth-order valence-electron chi connectivity index (χ4n) is 1.70. The fraction of sp³-hybridized carbons (Fsp3) is 0.182. The van der Waals surface area contributed by atoms with Crippen molar-refractivity contribution in [2.75, 3.05) is 5.73 Å².